The number of ether oxygens (including phenoxy) is 4. The summed E-state index contributed by atoms with van der Waals surface area (Å²) in [5, 5.41) is 20.3. The molecule has 45 heavy (non-hydrogen) atoms. The number of carbonyl (C=O) groups excluding carboxylic acids is 2. The summed E-state index contributed by atoms with van der Waals surface area (Å²) in [6.45, 7) is 13.5. The second-order valence-electron chi connectivity index (χ2n) is 12.2. The van der Waals surface area contributed by atoms with E-state index in [1.807, 2.05) is 24.3 Å². The number of hydrogen-bond donors (Lipinski definition) is 2. The predicted molar refractivity (Wildman–Crippen MR) is 175 cm³/mol. The Labute approximate surface area is 268 Å². The van der Waals surface area contributed by atoms with Crippen LogP contribution in [0.1, 0.15) is 75.1 Å². The summed E-state index contributed by atoms with van der Waals surface area (Å²) < 4.78 is 22.2. The van der Waals surface area contributed by atoms with Crippen molar-refractivity contribution in [2.45, 2.75) is 83.3 Å². The summed E-state index contributed by atoms with van der Waals surface area (Å²) in [5.41, 5.74) is 3.92. The molecule has 246 valence electrons. The standard InChI is InChI=1S/C37H50O8/c1-7-12-25-20-27(16-18-33(25)42-6)37(4,5)28-17-19-34(26(21-28)13-8-2)43-23-30(39)24-45-36(41)32-15-11-10-14-31(32)35(40)44-22-29(38)9-3/h7-8,16-21,29-32,38-39H,1-2,9-15,22-24H2,3-6H3. The lowest BCUT2D eigenvalue weighted by atomic mass is 9.77. The van der Waals surface area contributed by atoms with Gasteiger partial charge in [0, 0.05) is 5.41 Å². The number of aliphatic hydroxyl groups excluding tert-OH is 2. The number of carbonyl (C=O) groups is 2. The number of rotatable bonds is 17. The molecule has 8 nitrogen and oxygen atoms in total. The van der Waals surface area contributed by atoms with Gasteiger partial charge in [0.05, 0.1) is 25.0 Å². The van der Waals surface area contributed by atoms with Crippen LogP contribution in [0.15, 0.2) is 61.7 Å². The Morgan fingerprint density at radius 3 is 1.82 bits per heavy atom. The Balaban J connectivity index is 1.63. The lowest BCUT2D eigenvalue weighted by Crippen LogP contribution is -2.37. The van der Waals surface area contributed by atoms with Crippen LogP contribution in [0.25, 0.3) is 0 Å². The molecule has 3 rings (SSSR count). The zero-order valence-corrected chi connectivity index (χ0v) is 27.3. The molecule has 0 spiro atoms. The summed E-state index contributed by atoms with van der Waals surface area (Å²) in [5.74, 6) is -0.810. The molecule has 1 aliphatic rings. The molecule has 0 bridgehead atoms. The summed E-state index contributed by atoms with van der Waals surface area (Å²) in [6.07, 6.45) is 6.30. The van der Waals surface area contributed by atoms with Gasteiger partial charge >= 0.3 is 11.9 Å². The van der Waals surface area contributed by atoms with Gasteiger partial charge in [-0.15, -0.1) is 13.2 Å². The Morgan fingerprint density at radius 2 is 1.33 bits per heavy atom. The normalized spacial score (nSPS) is 17.9. The van der Waals surface area contributed by atoms with Crippen molar-refractivity contribution < 1.29 is 38.7 Å². The molecule has 1 fully saturated rings. The average molecular weight is 623 g/mol. The van der Waals surface area contributed by atoms with E-state index in [0.29, 0.717) is 37.9 Å². The summed E-state index contributed by atoms with van der Waals surface area (Å²) in [6, 6.07) is 12.2. The maximum atomic E-state index is 12.9. The Bertz CT molecular complexity index is 1300. The van der Waals surface area contributed by atoms with Crippen molar-refractivity contribution in [1.82, 2.24) is 0 Å². The van der Waals surface area contributed by atoms with Gasteiger partial charge in [-0.1, -0.05) is 70.0 Å². The number of methoxy groups -OCH3 is 1. The van der Waals surface area contributed by atoms with E-state index >= 15 is 0 Å². The zero-order valence-electron chi connectivity index (χ0n) is 27.3. The minimum absolute atomic E-state index is 0.0748. The van der Waals surface area contributed by atoms with E-state index in [0.717, 1.165) is 40.8 Å². The second-order valence-corrected chi connectivity index (χ2v) is 12.2. The number of benzene rings is 2. The molecular formula is C37H50O8. The molecular weight excluding hydrogens is 572 g/mol. The molecule has 2 aromatic rings. The fraction of sp³-hybridized carbons (Fsp3) is 0.514. The van der Waals surface area contributed by atoms with Crippen LogP contribution in [0.5, 0.6) is 11.5 Å². The van der Waals surface area contributed by atoms with Crippen LogP contribution in [-0.2, 0) is 37.3 Å². The van der Waals surface area contributed by atoms with Gasteiger partial charge in [0.2, 0.25) is 0 Å². The van der Waals surface area contributed by atoms with E-state index in [2.05, 4.69) is 45.2 Å². The molecule has 1 aliphatic carbocycles. The lowest BCUT2D eigenvalue weighted by molar-refractivity contribution is -0.166. The lowest BCUT2D eigenvalue weighted by Gasteiger charge is -2.29. The SMILES string of the molecule is C=CCc1cc(C(C)(C)c2ccc(OCC(O)COC(=O)C3CCCCC3C(=O)OCC(O)CC)c(CC=C)c2)ccc1OC. The summed E-state index contributed by atoms with van der Waals surface area (Å²) >= 11 is 0. The molecule has 0 aliphatic heterocycles. The third kappa shape index (κ3) is 9.68. The van der Waals surface area contributed by atoms with Crippen LogP contribution >= 0.6 is 0 Å². The number of allylic oxidation sites excluding steroid dienone is 2. The fourth-order valence-electron chi connectivity index (χ4n) is 5.69. The number of aliphatic hydroxyl groups is 2. The Morgan fingerprint density at radius 1 is 0.844 bits per heavy atom. The third-order valence-electron chi connectivity index (χ3n) is 8.62. The summed E-state index contributed by atoms with van der Waals surface area (Å²) in [7, 11) is 1.67. The average Bonchev–Trinajstić information content (AvgIpc) is 3.05. The van der Waals surface area contributed by atoms with Crippen LogP contribution in [0.3, 0.4) is 0 Å². The highest BCUT2D eigenvalue weighted by Gasteiger charge is 2.38. The van der Waals surface area contributed by atoms with Crippen molar-refractivity contribution in [2.75, 3.05) is 26.9 Å². The topological polar surface area (TPSA) is 112 Å². The van der Waals surface area contributed by atoms with Gasteiger partial charge in [-0.05, 0) is 66.5 Å². The quantitative estimate of drug-likeness (QED) is 0.166. The monoisotopic (exact) mass is 622 g/mol. The first kappa shape index (κ1) is 35.9. The molecule has 0 aromatic heterocycles. The minimum atomic E-state index is -1.06. The second kappa shape index (κ2) is 17.2. The molecule has 0 amide bonds. The van der Waals surface area contributed by atoms with E-state index in [-0.39, 0.29) is 25.2 Å². The first-order chi connectivity index (χ1) is 21.5. The molecule has 4 atom stereocenters. The smallest absolute Gasteiger partial charge is 0.309 e. The molecule has 1 saturated carbocycles. The van der Waals surface area contributed by atoms with Crippen molar-refractivity contribution in [1.29, 1.82) is 0 Å². The first-order valence-electron chi connectivity index (χ1n) is 15.9. The van der Waals surface area contributed by atoms with E-state index in [4.69, 9.17) is 18.9 Å². The molecule has 2 aromatic carbocycles. The third-order valence-corrected chi connectivity index (χ3v) is 8.62. The van der Waals surface area contributed by atoms with Crippen LogP contribution in [0, 0.1) is 11.8 Å². The molecule has 0 radical (unpaired) electrons. The Hall–Kier alpha value is -3.62. The van der Waals surface area contributed by atoms with Crippen LogP contribution in [-0.4, -0.2) is 61.3 Å². The minimum Gasteiger partial charge on any atom is -0.496 e. The van der Waals surface area contributed by atoms with Gasteiger partial charge in [-0.2, -0.15) is 0 Å². The molecule has 0 heterocycles. The van der Waals surface area contributed by atoms with Gasteiger partial charge in [-0.25, -0.2) is 0 Å². The van der Waals surface area contributed by atoms with Crippen molar-refractivity contribution in [3.8, 4) is 11.5 Å². The van der Waals surface area contributed by atoms with Gasteiger partial charge in [0.25, 0.3) is 0 Å². The van der Waals surface area contributed by atoms with Gasteiger partial charge in [0.15, 0.2) is 0 Å². The largest absolute Gasteiger partial charge is 0.496 e. The highest BCUT2D eigenvalue weighted by Crippen LogP contribution is 2.37. The Kier molecular flexibility index (Phi) is 13.7. The van der Waals surface area contributed by atoms with E-state index in [1.165, 1.54) is 0 Å². The van der Waals surface area contributed by atoms with Crippen LogP contribution in [0.2, 0.25) is 0 Å². The fourth-order valence-corrected chi connectivity index (χ4v) is 5.69. The highest BCUT2D eigenvalue weighted by atomic mass is 16.6. The molecule has 0 saturated heterocycles. The molecule has 8 heteroatoms. The predicted octanol–water partition coefficient (Wildman–Crippen LogP) is 5.88. The van der Waals surface area contributed by atoms with E-state index < -0.39 is 36.0 Å². The first-order valence-corrected chi connectivity index (χ1v) is 15.9. The number of hydrogen-bond acceptors (Lipinski definition) is 8. The van der Waals surface area contributed by atoms with Crippen molar-refractivity contribution >= 4 is 11.9 Å². The summed E-state index contributed by atoms with van der Waals surface area (Å²) in [4.78, 5) is 25.5. The van der Waals surface area contributed by atoms with Crippen molar-refractivity contribution in [3.63, 3.8) is 0 Å². The van der Waals surface area contributed by atoms with E-state index in [1.54, 1.807) is 20.1 Å². The maximum absolute atomic E-state index is 12.9. The van der Waals surface area contributed by atoms with Crippen molar-refractivity contribution in [3.05, 3.63) is 84.0 Å². The van der Waals surface area contributed by atoms with Gasteiger partial charge in [-0.3, -0.25) is 9.59 Å². The van der Waals surface area contributed by atoms with Gasteiger partial charge in [0.1, 0.15) is 37.4 Å². The maximum Gasteiger partial charge on any atom is 0.309 e. The number of esters is 2. The highest BCUT2D eigenvalue weighted by molar-refractivity contribution is 5.82. The molecule has 2 N–H and O–H groups in total. The van der Waals surface area contributed by atoms with E-state index in [9.17, 15) is 19.8 Å². The molecule has 4 unspecified atom stereocenters. The van der Waals surface area contributed by atoms with Crippen LogP contribution < -0.4 is 9.47 Å². The zero-order chi connectivity index (χ0) is 33.0. The van der Waals surface area contributed by atoms with Crippen LogP contribution in [0.4, 0.5) is 0 Å². The van der Waals surface area contributed by atoms with Crippen molar-refractivity contribution in [2.24, 2.45) is 11.8 Å². The van der Waals surface area contributed by atoms with Gasteiger partial charge < -0.3 is 29.2 Å².